The number of fused-ring (bicyclic) bond motifs is 1. The van der Waals surface area contributed by atoms with Gasteiger partial charge in [-0.25, -0.2) is 4.63 Å². The van der Waals surface area contributed by atoms with E-state index in [1.54, 1.807) is 6.07 Å². The van der Waals surface area contributed by atoms with E-state index in [1.807, 2.05) is 42.3 Å². The van der Waals surface area contributed by atoms with Crippen LogP contribution in [-0.2, 0) is 6.54 Å². The van der Waals surface area contributed by atoms with E-state index < -0.39 is 4.92 Å². The highest BCUT2D eigenvalue weighted by Crippen LogP contribution is 2.39. The molecule has 2 heterocycles. The number of aromatic nitrogens is 2. The molecule has 1 saturated heterocycles. The first-order valence-corrected chi connectivity index (χ1v) is 8.78. The first-order valence-electron chi connectivity index (χ1n) is 8.78. The lowest BCUT2D eigenvalue weighted by molar-refractivity contribution is -0.382. The molecule has 0 radical (unpaired) electrons. The van der Waals surface area contributed by atoms with Gasteiger partial charge in [0.2, 0.25) is 5.52 Å². The van der Waals surface area contributed by atoms with Crippen LogP contribution >= 0.6 is 0 Å². The van der Waals surface area contributed by atoms with Gasteiger partial charge in [-0.1, -0.05) is 30.3 Å². The summed E-state index contributed by atoms with van der Waals surface area (Å²) in [6, 6.07) is 11.7. The molecule has 9 nitrogen and oxygen atoms in total. The summed E-state index contributed by atoms with van der Waals surface area (Å²) in [5.74, 6) is 0. The SMILES string of the molecule is CN1CCN(c2cc(NCc3ccccc3)c3nonc3c2[N+](=O)[O-])CC1. The van der Waals surface area contributed by atoms with Crippen LogP contribution in [0.3, 0.4) is 0 Å². The molecule has 1 aliphatic rings. The lowest BCUT2D eigenvalue weighted by atomic mass is 10.1. The van der Waals surface area contributed by atoms with Crippen LogP contribution in [0.2, 0.25) is 0 Å². The molecular weight excluding hydrogens is 348 g/mol. The van der Waals surface area contributed by atoms with Gasteiger partial charge in [0.05, 0.1) is 10.6 Å². The third-order valence-corrected chi connectivity index (χ3v) is 4.84. The normalized spacial score (nSPS) is 15.2. The molecule has 0 unspecified atom stereocenters. The number of nitro groups is 1. The van der Waals surface area contributed by atoms with Crippen LogP contribution in [0.1, 0.15) is 5.56 Å². The van der Waals surface area contributed by atoms with Crippen molar-refractivity contribution in [2.45, 2.75) is 6.54 Å². The molecule has 1 aliphatic heterocycles. The molecule has 1 N–H and O–H groups in total. The maximum absolute atomic E-state index is 11.8. The second-order valence-electron chi connectivity index (χ2n) is 6.64. The molecule has 0 atom stereocenters. The Balaban J connectivity index is 1.74. The number of hydrogen-bond acceptors (Lipinski definition) is 8. The Labute approximate surface area is 155 Å². The highest BCUT2D eigenvalue weighted by atomic mass is 16.6. The number of hydrogen-bond donors (Lipinski definition) is 1. The fourth-order valence-corrected chi connectivity index (χ4v) is 3.31. The number of nitrogens with zero attached hydrogens (tertiary/aromatic N) is 5. The van der Waals surface area contributed by atoms with Crippen molar-refractivity contribution in [1.82, 2.24) is 15.2 Å². The van der Waals surface area contributed by atoms with Crippen molar-refractivity contribution < 1.29 is 9.55 Å². The number of rotatable bonds is 5. The third-order valence-electron chi connectivity index (χ3n) is 4.84. The molecule has 0 spiro atoms. The van der Waals surface area contributed by atoms with E-state index >= 15 is 0 Å². The average Bonchev–Trinajstić information content (AvgIpc) is 3.16. The minimum Gasteiger partial charge on any atom is -0.379 e. The predicted octanol–water partition coefficient (Wildman–Crippen LogP) is 2.49. The lowest BCUT2D eigenvalue weighted by Gasteiger charge is -2.33. The fraction of sp³-hybridized carbons (Fsp3) is 0.333. The molecule has 0 bridgehead atoms. The standard InChI is InChI=1S/C18H20N6O3/c1-22-7-9-23(10-8-22)15-11-14(19-12-13-5-3-2-4-6-13)16-17(21-27-20-16)18(15)24(25)26/h2-6,11,19H,7-10,12H2,1H3. The minimum absolute atomic E-state index is 0.0546. The second-order valence-corrected chi connectivity index (χ2v) is 6.64. The van der Waals surface area contributed by atoms with Gasteiger partial charge in [-0.2, -0.15) is 0 Å². The predicted molar refractivity (Wildman–Crippen MR) is 102 cm³/mol. The van der Waals surface area contributed by atoms with Crippen LogP contribution in [0.15, 0.2) is 41.0 Å². The van der Waals surface area contributed by atoms with Crippen molar-refractivity contribution in [1.29, 1.82) is 0 Å². The highest BCUT2D eigenvalue weighted by Gasteiger charge is 2.30. The number of nitrogens with one attached hydrogen (secondary N) is 1. The highest BCUT2D eigenvalue weighted by molar-refractivity contribution is 5.99. The average molecular weight is 368 g/mol. The molecule has 0 saturated carbocycles. The Morgan fingerprint density at radius 3 is 2.56 bits per heavy atom. The van der Waals surface area contributed by atoms with E-state index in [1.165, 1.54) is 0 Å². The zero-order valence-corrected chi connectivity index (χ0v) is 15.0. The quantitative estimate of drug-likeness (QED) is 0.541. The molecule has 27 heavy (non-hydrogen) atoms. The van der Waals surface area contributed by atoms with Crippen LogP contribution in [0.25, 0.3) is 11.0 Å². The smallest absolute Gasteiger partial charge is 0.323 e. The zero-order valence-electron chi connectivity index (χ0n) is 15.0. The van der Waals surface area contributed by atoms with Crippen molar-refractivity contribution in [3.05, 3.63) is 52.1 Å². The summed E-state index contributed by atoms with van der Waals surface area (Å²) >= 11 is 0. The van der Waals surface area contributed by atoms with Crippen LogP contribution in [0.5, 0.6) is 0 Å². The van der Waals surface area contributed by atoms with Crippen LogP contribution < -0.4 is 10.2 Å². The van der Waals surface area contributed by atoms with Crippen LogP contribution in [0, 0.1) is 10.1 Å². The van der Waals surface area contributed by atoms with Crippen molar-refractivity contribution in [3.63, 3.8) is 0 Å². The largest absolute Gasteiger partial charge is 0.379 e. The number of anilines is 2. The van der Waals surface area contributed by atoms with Crippen molar-refractivity contribution in [2.75, 3.05) is 43.4 Å². The van der Waals surface area contributed by atoms with Gasteiger partial charge in [0.25, 0.3) is 0 Å². The van der Waals surface area contributed by atoms with Crippen LogP contribution in [-0.4, -0.2) is 53.4 Å². The Kier molecular flexibility index (Phi) is 4.59. The molecule has 9 heteroatoms. The monoisotopic (exact) mass is 368 g/mol. The summed E-state index contributed by atoms with van der Waals surface area (Å²) in [5, 5.41) is 22.8. The molecule has 1 fully saturated rings. The van der Waals surface area contributed by atoms with Crippen molar-refractivity contribution in [2.24, 2.45) is 0 Å². The molecular formula is C18H20N6O3. The number of nitro benzene ring substituents is 1. The van der Waals surface area contributed by atoms with Gasteiger partial charge in [-0.3, -0.25) is 10.1 Å². The Morgan fingerprint density at radius 2 is 1.85 bits per heavy atom. The van der Waals surface area contributed by atoms with Gasteiger partial charge in [-0.15, -0.1) is 0 Å². The van der Waals surface area contributed by atoms with E-state index in [-0.39, 0.29) is 11.2 Å². The maximum atomic E-state index is 11.8. The number of piperazine rings is 1. The van der Waals surface area contributed by atoms with Gasteiger partial charge in [-0.05, 0) is 29.0 Å². The summed E-state index contributed by atoms with van der Waals surface area (Å²) in [5.41, 5.74) is 2.81. The van der Waals surface area contributed by atoms with Gasteiger partial charge in [0, 0.05) is 32.7 Å². The minimum atomic E-state index is -0.402. The van der Waals surface area contributed by atoms with Gasteiger partial charge < -0.3 is 15.1 Å². The molecule has 2 aromatic carbocycles. The molecule has 0 aliphatic carbocycles. The molecule has 1 aromatic heterocycles. The van der Waals surface area contributed by atoms with E-state index in [9.17, 15) is 10.1 Å². The molecule has 4 rings (SSSR count). The first kappa shape index (κ1) is 17.2. The number of likely N-dealkylation sites (N-methyl/N-ethyl adjacent to an activating group) is 1. The summed E-state index contributed by atoms with van der Waals surface area (Å²) in [6.45, 7) is 3.69. The summed E-state index contributed by atoms with van der Waals surface area (Å²) in [4.78, 5) is 15.6. The van der Waals surface area contributed by atoms with Crippen molar-refractivity contribution in [3.8, 4) is 0 Å². The van der Waals surface area contributed by atoms with E-state index in [0.717, 1.165) is 18.7 Å². The molecule has 3 aromatic rings. The molecule has 0 amide bonds. The van der Waals surface area contributed by atoms with E-state index in [2.05, 4.69) is 20.5 Å². The Morgan fingerprint density at radius 1 is 1.15 bits per heavy atom. The van der Waals surface area contributed by atoms with E-state index in [4.69, 9.17) is 4.63 Å². The Bertz CT molecular complexity index is 950. The fourth-order valence-electron chi connectivity index (χ4n) is 3.31. The lowest BCUT2D eigenvalue weighted by Crippen LogP contribution is -2.44. The van der Waals surface area contributed by atoms with Gasteiger partial charge >= 0.3 is 5.69 Å². The third kappa shape index (κ3) is 3.41. The number of benzene rings is 2. The van der Waals surface area contributed by atoms with Gasteiger partial charge in [0.1, 0.15) is 5.69 Å². The second kappa shape index (κ2) is 7.20. The summed E-state index contributed by atoms with van der Waals surface area (Å²) in [7, 11) is 2.04. The first-order chi connectivity index (χ1) is 13.1. The molecule has 140 valence electrons. The summed E-state index contributed by atoms with van der Waals surface area (Å²) in [6.07, 6.45) is 0. The topological polar surface area (TPSA) is 101 Å². The van der Waals surface area contributed by atoms with E-state index in [0.29, 0.717) is 36.5 Å². The van der Waals surface area contributed by atoms with Crippen LogP contribution in [0.4, 0.5) is 17.1 Å². The Hall–Kier alpha value is -3.20. The zero-order chi connectivity index (χ0) is 18.8. The van der Waals surface area contributed by atoms with Crippen molar-refractivity contribution >= 4 is 28.1 Å². The maximum Gasteiger partial charge on any atom is 0.323 e. The summed E-state index contributed by atoms with van der Waals surface area (Å²) < 4.78 is 4.84. The van der Waals surface area contributed by atoms with Gasteiger partial charge in [0.15, 0.2) is 5.52 Å².